The van der Waals surface area contributed by atoms with Gasteiger partial charge in [0.1, 0.15) is 0 Å². The highest BCUT2D eigenvalue weighted by Gasteiger charge is 2.09. The van der Waals surface area contributed by atoms with Crippen molar-refractivity contribution >= 4 is 11.6 Å². The van der Waals surface area contributed by atoms with Crippen LogP contribution in [0.1, 0.15) is 43.1 Å². The van der Waals surface area contributed by atoms with Crippen molar-refractivity contribution in [3.8, 4) is 11.5 Å². The first-order chi connectivity index (χ1) is 13.1. The van der Waals surface area contributed by atoms with Crippen molar-refractivity contribution in [1.82, 2.24) is 5.32 Å². The van der Waals surface area contributed by atoms with Gasteiger partial charge in [0.2, 0.25) is 0 Å². The molecule has 0 bridgehead atoms. The lowest BCUT2D eigenvalue weighted by atomic mass is 10.1. The molecule has 5 heteroatoms. The van der Waals surface area contributed by atoms with Gasteiger partial charge in [-0.25, -0.2) is 0 Å². The fourth-order valence-electron chi connectivity index (χ4n) is 2.94. The van der Waals surface area contributed by atoms with Gasteiger partial charge in [-0.15, -0.1) is 0 Å². The average molecular weight is 370 g/mol. The molecule has 0 aliphatic rings. The van der Waals surface area contributed by atoms with Crippen molar-refractivity contribution in [2.24, 2.45) is 0 Å². The number of anilines is 1. The molecule has 0 saturated heterocycles. The van der Waals surface area contributed by atoms with Gasteiger partial charge in [-0.2, -0.15) is 0 Å². The number of ether oxygens (including phenoxy) is 2. The van der Waals surface area contributed by atoms with E-state index < -0.39 is 0 Å². The quantitative estimate of drug-likeness (QED) is 0.679. The average Bonchev–Trinajstić information content (AvgIpc) is 2.71. The molecule has 0 aliphatic heterocycles. The highest BCUT2D eigenvalue weighted by molar-refractivity contribution is 5.94. The summed E-state index contributed by atoms with van der Waals surface area (Å²) in [5.41, 5.74) is 2.76. The molecular weight excluding hydrogens is 340 g/mol. The molecule has 0 aliphatic carbocycles. The van der Waals surface area contributed by atoms with E-state index in [9.17, 15) is 4.79 Å². The first kappa shape index (κ1) is 20.6. The molecule has 5 nitrogen and oxygen atoms in total. The number of nitrogens with one attached hydrogen (secondary N) is 1. The van der Waals surface area contributed by atoms with E-state index in [0.29, 0.717) is 30.2 Å². The van der Waals surface area contributed by atoms with E-state index >= 15 is 0 Å². The molecule has 0 aromatic heterocycles. The van der Waals surface area contributed by atoms with Crippen LogP contribution in [0.4, 0.5) is 5.69 Å². The molecule has 0 atom stereocenters. The van der Waals surface area contributed by atoms with Crippen molar-refractivity contribution in [2.75, 3.05) is 31.7 Å². The SMILES string of the molecule is CCCN(CC)c1ccc(C(=O)NCc2ccc(OCC)c(OC)c2)cc1. The molecule has 2 aromatic rings. The van der Waals surface area contributed by atoms with Crippen molar-refractivity contribution in [3.63, 3.8) is 0 Å². The van der Waals surface area contributed by atoms with Gasteiger partial charge in [-0.1, -0.05) is 13.0 Å². The Balaban J connectivity index is 1.99. The smallest absolute Gasteiger partial charge is 0.251 e. The molecule has 146 valence electrons. The first-order valence-corrected chi connectivity index (χ1v) is 9.55. The van der Waals surface area contributed by atoms with E-state index in [0.717, 1.165) is 30.8 Å². The monoisotopic (exact) mass is 370 g/mol. The Morgan fingerprint density at radius 3 is 2.37 bits per heavy atom. The predicted octanol–water partition coefficient (Wildman–Crippen LogP) is 4.26. The number of nitrogens with zero attached hydrogens (tertiary/aromatic N) is 1. The Hall–Kier alpha value is -2.69. The zero-order valence-electron chi connectivity index (χ0n) is 16.7. The highest BCUT2D eigenvalue weighted by Crippen LogP contribution is 2.28. The van der Waals surface area contributed by atoms with E-state index in [-0.39, 0.29) is 5.91 Å². The van der Waals surface area contributed by atoms with Crippen molar-refractivity contribution in [1.29, 1.82) is 0 Å². The van der Waals surface area contributed by atoms with Gasteiger partial charge in [-0.3, -0.25) is 4.79 Å². The fourth-order valence-corrected chi connectivity index (χ4v) is 2.94. The maximum absolute atomic E-state index is 12.4. The Bertz CT molecular complexity index is 729. The molecule has 27 heavy (non-hydrogen) atoms. The van der Waals surface area contributed by atoms with Crippen LogP contribution in [-0.4, -0.2) is 32.7 Å². The summed E-state index contributed by atoms with van der Waals surface area (Å²) in [5.74, 6) is 1.29. The number of hydrogen-bond donors (Lipinski definition) is 1. The molecule has 2 rings (SSSR count). The van der Waals surface area contributed by atoms with Crippen LogP contribution >= 0.6 is 0 Å². The molecule has 0 unspecified atom stereocenters. The first-order valence-electron chi connectivity index (χ1n) is 9.55. The molecule has 0 heterocycles. The van der Waals surface area contributed by atoms with Crippen LogP contribution < -0.4 is 19.7 Å². The lowest BCUT2D eigenvalue weighted by Gasteiger charge is -2.22. The van der Waals surface area contributed by atoms with Gasteiger partial charge in [0.25, 0.3) is 5.91 Å². The number of methoxy groups -OCH3 is 1. The lowest BCUT2D eigenvalue weighted by Crippen LogP contribution is -2.24. The Labute approximate surface area is 162 Å². The molecule has 0 radical (unpaired) electrons. The Morgan fingerprint density at radius 2 is 1.78 bits per heavy atom. The van der Waals surface area contributed by atoms with Crippen LogP contribution in [0.2, 0.25) is 0 Å². The van der Waals surface area contributed by atoms with Gasteiger partial charge >= 0.3 is 0 Å². The zero-order chi connectivity index (χ0) is 19.6. The summed E-state index contributed by atoms with van der Waals surface area (Å²) < 4.78 is 10.9. The van der Waals surface area contributed by atoms with Crippen LogP contribution in [0.25, 0.3) is 0 Å². The van der Waals surface area contributed by atoms with Crippen LogP contribution in [0, 0.1) is 0 Å². The third-order valence-electron chi connectivity index (χ3n) is 4.35. The zero-order valence-corrected chi connectivity index (χ0v) is 16.7. The van der Waals surface area contributed by atoms with E-state index in [1.807, 2.05) is 49.4 Å². The Kier molecular flexibility index (Phi) is 7.99. The number of carbonyl (C=O) groups excluding carboxylic acids is 1. The minimum absolute atomic E-state index is 0.0899. The van der Waals surface area contributed by atoms with Crippen molar-refractivity contribution < 1.29 is 14.3 Å². The second-order valence-electron chi connectivity index (χ2n) is 6.23. The maximum Gasteiger partial charge on any atom is 0.251 e. The number of amides is 1. The van der Waals surface area contributed by atoms with Gasteiger partial charge in [0.05, 0.1) is 13.7 Å². The number of rotatable bonds is 10. The lowest BCUT2D eigenvalue weighted by molar-refractivity contribution is 0.0951. The number of carbonyl (C=O) groups is 1. The molecule has 0 saturated carbocycles. The fraction of sp³-hybridized carbons (Fsp3) is 0.409. The minimum Gasteiger partial charge on any atom is -0.493 e. The summed E-state index contributed by atoms with van der Waals surface area (Å²) in [7, 11) is 1.61. The largest absolute Gasteiger partial charge is 0.493 e. The molecule has 0 spiro atoms. The third-order valence-corrected chi connectivity index (χ3v) is 4.35. The molecule has 1 N–H and O–H groups in total. The van der Waals surface area contributed by atoms with Crippen molar-refractivity contribution in [3.05, 3.63) is 53.6 Å². The van der Waals surface area contributed by atoms with Crippen LogP contribution in [0.15, 0.2) is 42.5 Å². The van der Waals surface area contributed by atoms with Gasteiger partial charge in [-0.05, 0) is 62.2 Å². The normalized spacial score (nSPS) is 10.4. The molecule has 2 aromatic carbocycles. The van der Waals surface area contributed by atoms with Gasteiger partial charge in [0.15, 0.2) is 11.5 Å². The molecule has 0 fully saturated rings. The minimum atomic E-state index is -0.0899. The number of benzene rings is 2. The Morgan fingerprint density at radius 1 is 1.04 bits per heavy atom. The second-order valence-corrected chi connectivity index (χ2v) is 6.23. The summed E-state index contributed by atoms with van der Waals surface area (Å²) in [6, 6.07) is 13.5. The number of hydrogen-bond acceptors (Lipinski definition) is 4. The van der Waals surface area contributed by atoms with Crippen LogP contribution in [0.5, 0.6) is 11.5 Å². The highest BCUT2D eigenvalue weighted by atomic mass is 16.5. The standard InChI is InChI=1S/C22H30N2O3/c1-5-14-24(6-2)19-11-9-18(10-12-19)22(25)23-16-17-8-13-20(27-7-3)21(15-17)26-4/h8-13,15H,5-7,14,16H2,1-4H3,(H,23,25). The van der Waals surface area contributed by atoms with Gasteiger partial charge in [0, 0.05) is 30.9 Å². The third kappa shape index (κ3) is 5.64. The van der Waals surface area contributed by atoms with Crippen molar-refractivity contribution in [2.45, 2.75) is 33.7 Å². The van der Waals surface area contributed by atoms with Gasteiger partial charge < -0.3 is 19.7 Å². The molecule has 1 amide bonds. The van der Waals surface area contributed by atoms with E-state index in [2.05, 4.69) is 24.1 Å². The topological polar surface area (TPSA) is 50.8 Å². The predicted molar refractivity (Wildman–Crippen MR) is 110 cm³/mol. The van der Waals surface area contributed by atoms with E-state index in [4.69, 9.17) is 9.47 Å². The summed E-state index contributed by atoms with van der Waals surface area (Å²) in [6.07, 6.45) is 1.10. The maximum atomic E-state index is 12.4. The summed E-state index contributed by atoms with van der Waals surface area (Å²) in [6.45, 7) is 9.22. The van der Waals surface area contributed by atoms with E-state index in [1.165, 1.54) is 0 Å². The van der Waals surface area contributed by atoms with Crippen LogP contribution in [-0.2, 0) is 6.54 Å². The second kappa shape index (κ2) is 10.5. The van der Waals surface area contributed by atoms with E-state index in [1.54, 1.807) is 7.11 Å². The summed E-state index contributed by atoms with van der Waals surface area (Å²) in [5, 5.41) is 2.96. The molecular formula is C22H30N2O3. The van der Waals surface area contributed by atoms with Crippen LogP contribution in [0.3, 0.4) is 0 Å². The summed E-state index contributed by atoms with van der Waals surface area (Å²) in [4.78, 5) is 14.7. The summed E-state index contributed by atoms with van der Waals surface area (Å²) >= 11 is 0.